The van der Waals surface area contributed by atoms with Gasteiger partial charge in [-0.2, -0.15) is 0 Å². The maximum Gasteiger partial charge on any atom is 0.155 e. The van der Waals surface area contributed by atoms with Gasteiger partial charge in [0.15, 0.2) is 5.78 Å². The molecular weight excluding hydrogens is 607 g/mol. The number of allylic oxidation sites excluding steroid dienone is 2. The molecule has 0 atom stereocenters. The largest absolute Gasteiger partial charge is 0.512 e. The molecule has 4 rings (SSSR count). The maximum atomic E-state index is 10.0. The Labute approximate surface area is 213 Å². The number of aryl methyl sites for hydroxylation is 4. The number of fused-ring (bicyclic) bond motifs is 1. The number of rotatable bonds is 3. The van der Waals surface area contributed by atoms with Gasteiger partial charge in [-0.25, -0.2) is 0 Å². The van der Waals surface area contributed by atoms with Crippen molar-refractivity contribution in [1.82, 2.24) is 4.98 Å². The number of pyridine rings is 1. The van der Waals surface area contributed by atoms with Crippen molar-refractivity contribution in [2.75, 3.05) is 0 Å². The van der Waals surface area contributed by atoms with Crippen LogP contribution in [0.25, 0.3) is 31.9 Å². The monoisotopic (exact) mass is 635 g/mol. The fourth-order valence-electron chi connectivity index (χ4n) is 3.72. The number of carbonyl (C=O) groups excluding carboxylic acids is 1. The number of aliphatic hydroxyl groups is 1. The molecule has 4 aromatic rings. The van der Waals surface area contributed by atoms with E-state index in [9.17, 15) is 4.79 Å². The average Bonchev–Trinajstić information content (AvgIpc) is 3.09. The Balaban J connectivity index is 0.000000423. The van der Waals surface area contributed by atoms with Gasteiger partial charge in [-0.05, 0) is 56.1 Å². The smallest absolute Gasteiger partial charge is 0.155 e. The van der Waals surface area contributed by atoms with Gasteiger partial charge in [0.1, 0.15) is 4.83 Å². The number of ketones is 1. The molecule has 0 aliphatic heterocycles. The van der Waals surface area contributed by atoms with Crippen molar-refractivity contribution >= 4 is 27.3 Å². The van der Waals surface area contributed by atoms with E-state index in [1.807, 2.05) is 0 Å². The van der Waals surface area contributed by atoms with E-state index in [4.69, 9.17) is 10.1 Å². The summed E-state index contributed by atoms with van der Waals surface area (Å²) in [6.45, 7) is 11.4. The molecule has 2 aromatic carbocycles. The summed E-state index contributed by atoms with van der Waals surface area (Å²) in [6, 6.07) is 20.7. The zero-order valence-corrected chi connectivity index (χ0v) is 23.0. The van der Waals surface area contributed by atoms with Crippen LogP contribution in [0.4, 0.5) is 0 Å². The first-order valence-corrected chi connectivity index (χ1v) is 11.3. The molecule has 0 saturated carbocycles. The molecule has 0 saturated heterocycles. The van der Waals surface area contributed by atoms with Crippen molar-refractivity contribution in [2.24, 2.45) is 0 Å². The molecule has 1 radical (unpaired) electrons. The van der Waals surface area contributed by atoms with Gasteiger partial charge in [0.2, 0.25) is 0 Å². The van der Waals surface area contributed by atoms with Crippen molar-refractivity contribution < 1.29 is 30.0 Å². The van der Waals surface area contributed by atoms with Crippen molar-refractivity contribution in [3.8, 4) is 21.7 Å². The van der Waals surface area contributed by atoms with Crippen LogP contribution in [0.1, 0.15) is 36.1 Å². The Kier molecular flexibility index (Phi) is 9.30. The minimum atomic E-state index is -0.125. The van der Waals surface area contributed by atoms with E-state index in [0.717, 1.165) is 21.7 Å². The molecule has 0 aliphatic rings. The number of aromatic nitrogens is 1. The van der Waals surface area contributed by atoms with E-state index in [1.54, 1.807) is 11.3 Å². The van der Waals surface area contributed by atoms with Crippen LogP contribution < -0.4 is 0 Å². The van der Waals surface area contributed by atoms with Gasteiger partial charge < -0.3 is 5.11 Å². The van der Waals surface area contributed by atoms with Crippen LogP contribution in [0.15, 0.2) is 60.4 Å². The SMILES string of the molecule is CC(=O)/C=C(/C)O.Cc1[c-]c(-c2ccc3cc(-c4c(C)cccc4C)sc3n2)cc(C)c1.[Ir]. The summed E-state index contributed by atoms with van der Waals surface area (Å²) in [5.41, 5.74) is 8.43. The van der Waals surface area contributed by atoms with E-state index in [1.165, 1.54) is 52.4 Å². The zero-order chi connectivity index (χ0) is 23.4. The van der Waals surface area contributed by atoms with Crippen LogP contribution in [0.2, 0.25) is 0 Å². The molecule has 0 bridgehead atoms. The van der Waals surface area contributed by atoms with Gasteiger partial charge in [0.05, 0.1) is 5.76 Å². The third kappa shape index (κ3) is 6.94. The number of nitrogens with zero attached hydrogens (tertiary/aromatic N) is 1. The van der Waals surface area contributed by atoms with E-state index < -0.39 is 0 Å². The Morgan fingerprint density at radius 1 is 1.00 bits per heavy atom. The molecule has 33 heavy (non-hydrogen) atoms. The van der Waals surface area contributed by atoms with Gasteiger partial charge in [0, 0.05) is 36.4 Å². The zero-order valence-electron chi connectivity index (χ0n) is 19.7. The minimum Gasteiger partial charge on any atom is -0.512 e. The first kappa shape index (κ1) is 26.7. The van der Waals surface area contributed by atoms with E-state index in [-0.39, 0.29) is 31.6 Å². The molecule has 0 aliphatic carbocycles. The quantitative estimate of drug-likeness (QED) is 0.143. The van der Waals surface area contributed by atoms with Gasteiger partial charge in [0.25, 0.3) is 0 Å². The maximum absolute atomic E-state index is 10.0. The van der Waals surface area contributed by atoms with Crippen LogP contribution in [0, 0.1) is 33.8 Å². The van der Waals surface area contributed by atoms with Crippen molar-refractivity contribution in [1.29, 1.82) is 0 Å². The van der Waals surface area contributed by atoms with Gasteiger partial charge >= 0.3 is 0 Å². The van der Waals surface area contributed by atoms with Crippen molar-refractivity contribution in [3.63, 3.8) is 0 Å². The molecule has 0 amide bonds. The van der Waals surface area contributed by atoms with Crippen molar-refractivity contribution in [2.45, 2.75) is 41.5 Å². The molecule has 0 unspecified atom stereocenters. The summed E-state index contributed by atoms with van der Waals surface area (Å²) >= 11 is 1.77. The summed E-state index contributed by atoms with van der Waals surface area (Å²) in [7, 11) is 0. The molecule has 5 heteroatoms. The summed E-state index contributed by atoms with van der Waals surface area (Å²) < 4.78 is 0. The van der Waals surface area contributed by atoms with Crippen LogP contribution >= 0.6 is 11.3 Å². The fourth-order valence-corrected chi connectivity index (χ4v) is 4.93. The predicted octanol–water partition coefficient (Wildman–Crippen LogP) is 7.70. The van der Waals surface area contributed by atoms with Gasteiger partial charge in [-0.1, -0.05) is 44.2 Å². The standard InChI is InChI=1S/C23H20NS.C5H8O2.Ir/c1-14-10-15(2)12-19(11-14)20-9-8-18-13-21(25-23(18)24-20)22-16(3)6-5-7-17(22)4;1-4(6)3-5(2)7;/h5-11,13H,1-4H3;3,6H,1-2H3;/q-1;;/b;4-3-;. The molecule has 2 aromatic heterocycles. The Bertz CT molecular complexity index is 1280. The van der Waals surface area contributed by atoms with Gasteiger partial charge in [-0.15, -0.1) is 46.2 Å². The first-order valence-electron chi connectivity index (χ1n) is 10.5. The molecular formula is C28H28IrNO2S-. The molecule has 3 nitrogen and oxygen atoms in total. The van der Waals surface area contributed by atoms with E-state index in [2.05, 4.69) is 82.3 Å². The second kappa shape index (κ2) is 11.5. The van der Waals surface area contributed by atoms with Gasteiger partial charge in [-0.3, -0.25) is 9.78 Å². The van der Waals surface area contributed by atoms with E-state index in [0.29, 0.717) is 0 Å². The fraction of sp³-hybridized carbons (Fsp3) is 0.214. The molecule has 0 fully saturated rings. The number of thiophene rings is 1. The average molecular weight is 635 g/mol. The number of benzene rings is 2. The number of hydrogen-bond acceptors (Lipinski definition) is 4. The molecule has 173 valence electrons. The normalized spacial score (nSPS) is 10.9. The summed E-state index contributed by atoms with van der Waals surface area (Å²) in [6.07, 6.45) is 1.17. The molecule has 2 heterocycles. The Morgan fingerprint density at radius 3 is 2.21 bits per heavy atom. The summed E-state index contributed by atoms with van der Waals surface area (Å²) in [5, 5.41) is 9.57. The topological polar surface area (TPSA) is 50.2 Å². The second-order valence-corrected chi connectivity index (χ2v) is 9.15. The van der Waals surface area contributed by atoms with Crippen LogP contribution in [-0.4, -0.2) is 15.9 Å². The van der Waals surface area contributed by atoms with Crippen LogP contribution in [-0.2, 0) is 24.9 Å². The molecule has 1 N–H and O–H groups in total. The van der Waals surface area contributed by atoms with E-state index >= 15 is 0 Å². The van der Waals surface area contributed by atoms with Crippen LogP contribution in [0.5, 0.6) is 0 Å². The number of hydrogen-bond donors (Lipinski definition) is 1. The first-order chi connectivity index (χ1) is 15.1. The second-order valence-electron chi connectivity index (χ2n) is 8.12. The Morgan fingerprint density at radius 2 is 1.67 bits per heavy atom. The van der Waals surface area contributed by atoms with Crippen molar-refractivity contribution in [3.05, 3.63) is 88.7 Å². The number of aliphatic hydroxyl groups excluding tert-OH is 1. The Hall–Kier alpha value is -2.59. The third-order valence-electron chi connectivity index (χ3n) is 4.95. The third-order valence-corrected chi connectivity index (χ3v) is 6.01. The minimum absolute atomic E-state index is 0. The van der Waals surface area contributed by atoms with Crippen LogP contribution in [0.3, 0.4) is 0 Å². The summed E-state index contributed by atoms with van der Waals surface area (Å²) in [5.74, 6) is -0.0625. The number of carbonyl (C=O) groups is 1. The predicted molar refractivity (Wildman–Crippen MR) is 135 cm³/mol. The summed E-state index contributed by atoms with van der Waals surface area (Å²) in [4.78, 5) is 17.3. The molecule has 0 spiro atoms.